The summed E-state index contributed by atoms with van der Waals surface area (Å²) in [6.07, 6.45) is 1.62. The average Bonchev–Trinajstić information content (AvgIpc) is 3.14. The molecule has 3 aromatic rings. The van der Waals surface area contributed by atoms with Crippen molar-refractivity contribution in [2.45, 2.75) is 20.4 Å². The van der Waals surface area contributed by atoms with E-state index in [2.05, 4.69) is 21.2 Å². The number of hydrogen-bond donors (Lipinski definition) is 1. The van der Waals surface area contributed by atoms with Gasteiger partial charge in [-0.15, -0.1) is 0 Å². The van der Waals surface area contributed by atoms with E-state index in [4.69, 9.17) is 4.42 Å². The Labute approximate surface area is 147 Å². The van der Waals surface area contributed by atoms with Crippen LogP contribution in [0.5, 0.6) is 0 Å². The number of carbonyl (C=O) groups excluding carboxylic acids is 1. The van der Waals surface area contributed by atoms with Gasteiger partial charge < -0.3 is 14.3 Å². The summed E-state index contributed by atoms with van der Waals surface area (Å²) >= 11 is 3.20. The van der Waals surface area contributed by atoms with Crippen molar-refractivity contribution in [2.75, 3.05) is 5.32 Å². The molecule has 2 heterocycles. The Morgan fingerprint density at radius 1 is 1.29 bits per heavy atom. The molecular formula is C18H16BrFN2O2. The molecule has 4 nitrogen and oxygen atoms in total. The molecule has 0 bridgehead atoms. The van der Waals surface area contributed by atoms with Gasteiger partial charge in [-0.05, 0) is 50.2 Å². The van der Waals surface area contributed by atoms with Crippen LogP contribution < -0.4 is 5.32 Å². The van der Waals surface area contributed by atoms with Crippen LogP contribution in [0.25, 0.3) is 0 Å². The molecule has 0 unspecified atom stereocenters. The molecule has 3 rings (SSSR count). The number of aryl methyl sites for hydroxylation is 1. The van der Waals surface area contributed by atoms with Crippen LogP contribution in [-0.4, -0.2) is 10.5 Å². The maximum Gasteiger partial charge on any atom is 0.257 e. The van der Waals surface area contributed by atoms with Gasteiger partial charge in [0.2, 0.25) is 0 Å². The molecule has 124 valence electrons. The molecule has 0 aliphatic rings. The summed E-state index contributed by atoms with van der Waals surface area (Å²) < 4.78 is 21.9. The third-order valence-electron chi connectivity index (χ3n) is 3.89. The fourth-order valence-electron chi connectivity index (χ4n) is 2.61. The Hall–Kier alpha value is -2.34. The first-order chi connectivity index (χ1) is 11.5. The molecule has 0 radical (unpaired) electrons. The first-order valence-electron chi connectivity index (χ1n) is 7.41. The van der Waals surface area contributed by atoms with E-state index in [1.54, 1.807) is 18.4 Å². The predicted molar refractivity (Wildman–Crippen MR) is 93.8 cm³/mol. The first-order valence-corrected chi connectivity index (χ1v) is 8.20. The maximum absolute atomic E-state index is 13.9. The van der Waals surface area contributed by atoms with Gasteiger partial charge in [-0.3, -0.25) is 4.79 Å². The fourth-order valence-corrected chi connectivity index (χ4v) is 2.95. The van der Waals surface area contributed by atoms with Crippen LogP contribution in [0.3, 0.4) is 0 Å². The van der Waals surface area contributed by atoms with E-state index in [0.29, 0.717) is 16.6 Å². The number of carbonyl (C=O) groups is 1. The minimum absolute atomic E-state index is 0.152. The minimum atomic E-state index is -0.484. The van der Waals surface area contributed by atoms with Crippen LogP contribution in [0.15, 0.2) is 51.6 Å². The topological polar surface area (TPSA) is 47.2 Å². The van der Waals surface area contributed by atoms with Gasteiger partial charge in [0.25, 0.3) is 5.91 Å². The van der Waals surface area contributed by atoms with E-state index in [1.165, 1.54) is 12.1 Å². The van der Waals surface area contributed by atoms with Crippen LogP contribution >= 0.6 is 15.9 Å². The van der Waals surface area contributed by atoms with Crippen LogP contribution in [0, 0.1) is 19.7 Å². The van der Waals surface area contributed by atoms with Crippen LogP contribution in [0.4, 0.5) is 10.1 Å². The lowest BCUT2D eigenvalue weighted by molar-refractivity contribution is 0.102. The molecular weight excluding hydrogens is 375 g/mol. The van der Waals surface area contributed by atoms with Crippen LogP contribution in [0.1, 0.15) is 27.5 Å². The number of furan rings is 1. The molecule has 24 heavy (non-hydrogen) atoms. The molecule has 0 saturated carbocycles. The highest BCUT2D eigenvalue weighted by molar-refractivity contribution is 9.10. The van der Waals surface area contributed by atoms with E-state index in [1.807, 2.05) is 30.5 Å². The first kappa shape index (κ1) is 16.5. The maximum atomic E-state index is 13.9. The highest BCUT2D eigenvalue weighted by Gasteiger charge is 2.17. The van der Waals surface area contributed by atoms with E-state index in [9.17, 15) is 9.18 Å². The number of nitrogens with one attached hydrogen (secondary N) is 1. The summed E-state index contributed by atoms with van der Waals surface area (Å²) in [5.74, 6) is -0.0140. The quantitative estimate of drug-likeness (QED) is 0.688. The number of anilines is 1. The summed E-state index contributed by atoms with van der Waals surface area (Å²) in [7, 11) is 0. The smallest absolute Gasteiger partial charge is 0.257 e. The van der Waals surface area contributed by atoms with Crippen LogP contribution in [0.2, 0.25) is 0 Å². The minimum Gasteiger partial charge on any atom is -0.467 e. The van der Waals surface area contributed by atoms with Crippen LogP contribution in [-0.2, 0) is 6.54 Å². The van der Waals surface area contributed by atoms with Crippen molar-refractivity contribution >= 4 is 27.5 Å². The summed E-state index contributed by atoms with van der Waals surface area (Å²) in [5.41, 5.74) is 2.41. The number of nitrogens with zero attached hydrogens (tertiary/aromatic N) is 1. The van der Waals surface area contributed by atoms with Crippen molar-refractivity contribution in [1.29, 1.82) is 0 Å². The van der Waals surface area contributed by atoms with Gasteiger partial charge in [0.15, 0.2) is 0 Å². The van der Waals surface area contributed by atoms with Gasteiger partial charge in [0.1, 0.15) is 11.6 Å². The van der Waals surface area contributed by atoms with Gasteiger partial charge in [0.05, 0.1) is 24.1 Å². The van der Waals surface area contributed by atoms with E-state index < -0.39 is 5.82 Å². The molecule has 1 aromatic carbocycles. The van der Waals surface area contributed by atoms with Crippen molar-refractivity contribution in [2.24, 2.45) is 0 Å². The number of aromatic nitrogens is 1. The molecule has 1 N–H and O–H groups in total. The van der Waals surface area contributed by atoms with Crippen molar-refractivity contribution in [3.8, 4) is 0 Å². The summed E-state index contributed by atoms with van der Waals surface area (Å²) in [6, 6.07) is 10.0. The molecule has 0 aliphatic carbocycles. The second-order valence-electron chi connectivity index (χ2n) is 5.53. The van der Waals surface area contributed by atoms with Gasteiger partial charge >= 0.3 is 0 Å². The number of halogens is 2. The number of rotatable bonds is 4. The molecule has 6 heteroatoms. The second kappa shape index (κ2) is 6.65. The lowest BCUT2D eigenvalue weighted by atomic mass is 10.2. The zero-order valence-electron chi connectivity index (χ0n) is 13.3. The Bertz CT molecular complexity index is 885. The van der Waals surface area contributed by atoms with E-state index in [0.717, 1.165) is 17.1 Å². The fraction of sp³-hybridized carbons (Fsp3) is 0.167. The van der Waals surface area contributed by atoms with Gasteiger partial charge in [0, 0.05) is 15.9 Å². The van der Waals surface area contributed by atoms with E-state index >= 15 is 0 Å². The molecule has 0 fully saturated rings. The highest BCUT2D eigenvalue weighted by atomic mass is 79.9. The molecule has 0 atom stereocenters. The summed E-state index contributed by atoms with van der Waals surface area (Å²) in [4.78, 5) is 12.5. The molecule has 1 amide bonds. The van der Waals surface area contributed by atoms with Crippen molar-refractivity contribution in [1.82, 2.24) is 4.57 Å². The van der Waals surface area contributed by atoms with Gasteiger partial charge in [-0.2, -0.15) is 0 Å². The standard InChI is InChI=1S/C18H16BrFN2O2/c1-11-8-15(12(2)22(11)10-14-4-3-7-24-14)18(23)21-17-6-5-13(19)9-16(17)20/h3-9H,10H2,1-2H3,(H,21,23). The van der Waals surface area contributed by atoms with Crippen molar-refractivity contribution in [3.63, 3.8) is 0 Å². The largest absolute Gasteiger partial charge is 0.467 e. The molecule has 0 aliphatic heterocycles. The highest BCUT2D eigenvalue weighted by Crippen LogP contribution is 2.22. The third-order valence-corrected chi connectivity index (χ3v) is 4.38. The number of benzene rings is 1. The SMILES string of the molecule is Cc1cc(C(=O)Nc2ccc(Br)cc2F)c(C)n1Cc1ccco1. The molecule has 0 spiro atoms. The van der Waals surface area contributed by atoms with Crippen molar-refractivity contribution < 1.29 is 13.6 Å². The average molecular weight is 391 g/mol. The second-order valence-corrected chi connectivity index (χ2v) is 6.44. The number of amides is 1. The Morgan fingerprint density at radius 2 is 2.08 bits per heavy atom. The van der Waals surface area contributed by atoms with Gasteiger partial charge in [-0.25, -0.2) is 4.39 Å². The molecule has 0 saturated heterocycles. The van der Waals surface area contributed by atoms with Crippen molar-refractivity contribution in [3.05, 3.63) is 75.7 Å². The van der Waals surface area contributed by atoms with E-state index in [-0.39, 0.29) is 11.6 Å². The zero-order chi connectivity index (χ0) is 17.3. The number of hydrogen-bond acceptors (Lipinski definition) is 2. The molecule has 2 aromatic heterocycles. The summed E-state index contributed by atoms with van der Waals surface area (Å²) in [5, 5.41) is 2.62. The third kappa shape index (κ3) is 3.28. The lowest BCUT2D eigenvalue weighted by Gasteiger charge is -2.09. The lowest BCUT2D eigenvalue weighted by Crippen LogP contribution is -2.14. The Balaban J connectivity index is 1.85. The normalized spacial score (nSPS) is 10.8. The predicted octanol–water partition coefficient (Wildman–Crippen LogP) is 4.90. The zero-order valence-corrected chi connectivity index (χ0v) is 14.9. The van der Waals surface area contributed by atoms with Gasteiger partial charge in [-0.1, -0.05) is 15.9 Å². The summed E-state index contributed by atoms with van der Waals surface area (Å²) in [6.45, 7) is 4.33. The Morgan fingerprint density at radius 3 is 2.75 bits per heavy atom. The monoisotopic (exact) mass is 390 g/mol. The Kier molecular flexibility index (Phi) is 4.57.